The summed E-state index contributed by atoms with van der Waals surface area (Å²) >= 11 is 6.54. The van der Waals surface area contributed by atoms with Crippen molar-refractivity contribution in [3.8, 4) is 23.0 Å². The van der Waals surface area contributed by atoms with Gasteiger partial charge in [0.1, 0.15) is 27.3 Å². The number of benzene rings is 2. The molecule has 0 bridgehead atoms. The smallest absolute Gasteiger partial charge is 0.322 e. The number of nitrogens with two attached hydrogens (primary N) is 1. The average molecular weight is 873 g/mol. The average Bonchev–Trinajstić information content (AvgIpc) is 3.46. The molecule has 1 aliphatic rings. The molecule has 2 heterocycles. The van der Waals surface area contributed by atoms with Crippen LogP contribution in [0.25, 0.3) is 22.0 Å². The first-order valence-electron chi connectivity index (χ1n) is 16.2. The Bertz CT molecular complexity index is 2530. The third kappa shape index (κ3) is 9.96. The van der Waals surface area contributed by atoms with Crippen LogP contribution in [0.5, 0.6) is 0 Å². The Labute approximate surface area is 326 Å². The Balaban J connectivity index is 0.00000673. The lowest BCUT2D eigenvalue weighted by Crippen LogP contribution is -2.35. The van der Waals surface area contributed by atoms with Crippen LogP contribution >= 0.6 is 24.0 Å². The molecule has 11 nitrogen and oxygen atoms in total. The van der Waals surface area contributed by atoms with Crippen LogP contribution in [0.2, 0.25) is 5.02 Å². The highest BCUT2D eigenvalue weighted by Crippen LogP contribution is 2.45. The Morgan fingerprint density at radius 1 is 0.964 bits per heavy atom. The molecule has 1 aliphatic carbocycles. The molecule has 0 saturated carbocycles. The van der Waals surface area contributed by atoms with Crippen molar-refractivity contribution in [3.63, 3.8) is 0 Å². The molecular formula is C34H36Cl2F5N5O6S3. The van der Waals surface area contributed by atoms with Crippen LogP contribution in [0.3, 0.4) is 0 Å². The second kappa shape index (κ2) is 15.9. The van der Waals surface area contributed by atoms with E-state index in [0.29, 0.717) is 54.7 Å². The van der Waals surface area contributed by atoms with Crippen LogP contribution in [0.4, 0.5) is 22.0 Å². The largest absolute Gasteiger partial charge is 0.390 e. The van der Waals surface area contributed by atoms with Crippen molar-refractivity contribution in [1.82, 2.24) is 19.3 Å². The molecule has 2 aromatic heterocycles. The highest BCUT2D eigenvalue weighted by Gasteiger charge is 2.43. The van der Waals surface area contributed by atoms with Gasteiger partial charge in [0, 0.05) is 28.8 Å². The second-order valence-electron chi connectivity index (χ2n) is 13.7. The van der Waals surface area contributed by atoms with E-state index in [1.54, 1.807) is 0 Å². The van der Waals surface area contributed by atoms with E-state index < -0.39 is 75.8 Å². The molecule has 300 valence electrons. The number of sulfone groups is 1. The predicted molar refractivity (Wildman–Crippen MR) is 201 cm³/mol. The molecule has 0 radical (unpaired) electrons. The van der Waals surface area contributed by atoms with Crippen LogP contribution < -0.4 is 9.86 Å². The number of fused-ring (bicyclic) bond motifs is 2. The highest BCUT2D eigenvalue weighted by atomic mass is 35.5. The van der Waals surface area contributed by atoms with Gasteiger partial charge in [-0.25, -0.2) is 39.0 Å². The van der Waals surface area contributed by atoms with Gasteiger partial charge in [-0.3, -0.25) is 5.10 Å². The van der Waals surface area contributed by atoms with Gasteiger partial charge in [-0.1, -0.05) is 23.6 Å². The zero-order valence-electron chi connectivity index (χ0n) is 29.6. The molecular weight excluding hydrogens is 836 g/mol. The van der Waals surface area contributed by atoms with Gasteiger partial charge in [0.15, 0.2) is 9.84 Å². The summed E-state index contributed by atoms with van der Waals surface area (Å²) < 4.78 is 145. The van der Waals surface area contributed by atoms with Crippen molar-refractivity contribution in [2.24, 2.45) is 5.73 Å². The maximum absolute atomic E-state index is 14.2. The number of H-pyrrole nitrogens is 1. The molecule has 0 aliphatic heterocycles. The first kappa shape index (κ1) is 44.3. The topological polar surface area (TPSA) is 182 Å². The minimum Gasteiger partial charge on any atom is -0.322 e. The molecule has 4 aromatic rings. The van der Waals surface area contributed by atoms with Gasteiger partial charge < -0.3 is 5.73 Å². The molecule has 4 N–H and O–H groups in total. The van der Waals surface area contributed by atoms with Crippen molar-refractivity contribution in [3.05, 3.63) is 80.8 Å². The maximum atomic E-state index is 14.2. The molecule has 2 atom stereocenters. The Kier molecular flexibility index (Phi) is 12.8. The number of nitrogens with one attached hydrogen (secondary N) is 2. The predicted octanol–water partition coefficient (Wildman–Crippen LogP) is 6.15. The summed E-state index contributed by atoms with van der Waals surface area (Å²) in [7, 11) is -13.5. The second-order valence-corrected chi connectivity index (χ2v) is 20.5. The number of nitrogens with zero attached hydrogens (tertiary/aromatic N) is 2. The molecule has 1 unspecified atom stereocenters. The van der Waals surface area contributed by atoms with Crippen molar-refractivity contribution in [2.45, 2.75) is 74.6 Å². The van der Waals surface area contributed by atoms with Crippen LogP contribution in [0, 0.1) is 23.5 Å². The van der Waals surface area contributed by atoms with E-state index in [1.807, 2.05) is 0 Å². The van der Waals surface area contributed by atoms with E-state index in [9.17, 15) is 47.2 Å². The molecule has 55 heavy (non-hydrogen) atoms. The normalized spacial score (nSPS) is 15.1. The molecule has 0 spiro atoms. The number of rotatable bonds is 10. The number of pyridine rings is 1. The van der Waals surface area contributed by atoms with Gasteiger partial charge in [0.25, 0.3) is 0 Å². The van der Waals surface area contributed by atoms with Crippen molar-refractivity contribution in [1.29, 1.82) is 0 Å². The molecule has 2 aromatic carbocycles. The van der Waals surface area contributed by atoms with E-state index in [1.165, 1.54) is 30.1 Å². The lowest BCUT2D eigenvalue weighted by Gasteiger charge is -2.26. The number of sulfonamides is 2. The lowest BCUT2D eigenvalue weighted by molar-refractivity contribution is -0.135. The number of aromatic nitrogens is 3. The summed E-state index contributed by atoms with van der Waals surface area (Å²) in [6.45, 7) is 2.86. The first-order valence-corrected chi connectivity index (χ1v) is 21.9. The summed E-state index contributed by atoms with van der Waals surface area (Å²) in [5.41, 5.74) is 8.38. The van der Waals surface area contributed by atoms with Crippen LogP contribution in [0.15, 0.2) is 30.3 Å². The Hall–Kier alpha value is -3.38. The third-order valence-electron chi connectivity index (χ3n) is 9.01. The van der Waals surface area contributed by atoms with Gasteiger partial charge in [-0.05, 0) is 86.8 Å². The van der Waals surface area contributed by atoms with Crippen molar-refractivity contribution < 1.29 is 47.2 Å². The molecule has 0 amide bonds. The highest BCUT2D eigenvalue weighted by molar-refractivity contribution is 8.04. The van der Waals surface area contributed by atoms with Gasteiger partial charge in [0.05, 0.1) is 40.6 Å². The Morgan fingerprint density at radius 3 is 2.13 bits per heavy atom. The van der Waals surface area contributed by atoms with Crippen LogP contribution in [-0.2, 0) is 49.1 Å². The van der Waals surface area contributed by atoms with Crippen LogP contribution in [0.1, 0.15) is 78.2 Å². The monoisotopic (exact) mass is 871 g/mol. The van der Waals surface area contributed by atoms with Gasteiger partial charge in [-0.2, -0.15) is 18.3 Å². The fourth-order valence-corrected chi connectivity index (χ4v) is 9.80. The summed E-state index contributed by atoms with van der Waals surface area (Å²) in [4.78, 5) is 4.82. The van der Waals surface area contributed by atoms with Gasteiger partial charge in [-0.15, -0.1) is 16.5 Å². The number of hydrogen-bond donors (Lipinski definition) is 3. The molecule has 5 rings (SSSR count). The van der Waals surface area contributed by atoms with Gasteiger partial charge in [0.2, 0.25) is 20.0 Å². The minimum absolute atomic E-state index is 0. The fourth-order valence-electron chi connectivity index (χ4n) is 6.28. The fraction of sp³-hybridized carbons (Fsp3) is 0.412. The van der Waals surface area contributed by atoms with E-state index >= 15 is 0 Å². The Morgan fingerprint density at radius 2 is 1.56 bits per heavy atom. The third-order valence-corrected chi connectivity index (χ3v) is 14.6. The lowest BCUT2D eigenvalue weighted by atomic mass is 9.82. The summed E-state index contributed by atoms with van der Waals surface area (Å²) in [5, 5.41) is 3.53. The molecule has 0 fully saturated rings. The van der Waals surface area contributed by atoms with E-state index in [4.69, 9.17) is 22.3 Å². The maximum Gasteiger partial charge on any atom is 0.390 e. The van der Waals surface area contributed by atoms with Crippen LogP contribution in [-0.4, -0.2) is 63.9 Å². The standard InChI is InChI=1S/C34H35ClF5N5O6S3.ClH/c1-33(2,52(3,46)47)12-11-26-21-7-5-6-8-22(21)28(31(42-26)25(41)15-18-13-19(36)16-20(37)14-18)23-9-10-24(35)29-30(23)43-44-32(29)27(17-34(38,39)40)54(50,51)45-53(4,48)49;/h9-10,13-14,16,25,27,45H,5-8,15,17,41H2,1-4H3,(H,43,44);1H/t25-,27?;/m0./s1. The van der Waals surface area contributed by atoms with Gasteiger partial charge >= 0.3 is 6.18 Å². The zero-order valence-corrected chi connectivity index (χ0v) is 33.6. The van der Waals surface area contributed by atoms with Crippen molar-refractivity contribution in [2.75, 3.05) is 12.5 Å². The van der Waals surface area contributed by atoms with Crippen molar-refractivity contribution >= 4 is 64.8 Å². The summed E-state index contributed by atoms with van der Waals surface area (Å²) in [6, 6.07) is 4.55. The van der Waals surface area contributed by atoms with E-state index in [0.717, 1.165) is 18.4 Å². The zero-order chi connectivity index (χ0) is 40.2. The minimum atomic E-state index is -5.28. The van der Waals surface area contributed by atoms with E-state index in [2.05, 4.69) is 22.0 Å². The SMILES string of the molecule is CC(C)(C#Cc1nc([C@@H](N)Cc2cc(F)cc(F)c2)c(-c2ccc(Cl)c3c(C(CC(F)(F)F)S(=O)(=O)NS(C)(=O)=O)n[nH]c23)c2c1CCCC2)S(C)(=O)=O.Cl. The first-order chi connectivity index (χ1) is 24.8. The number of halogens is 7. The summed E-state index contributed by atoms with van der Waals surface area (Å²) in [6.07, 6.45) is -3.58. The number of alkyl halides is 3. The van der Waals surface area contributed by atoms with E-state index in [-0.39, 0.29) is 57.3 Å². The molecule has 0 saturated heterocycles. The quantitative estimate of drug-likeness (QED) is 0.124. The summed E-state index contributed by atoms with van der Waals surface area (Å²) in [5.74, 6) is 3.98. The number of hydrogen-bond acceptors (Lipinski definition) is 9. The molecule has 21 heteroatoms. The number of aromatic amines is 1.